The molecule has 0 aliphatic rings. The van der Waals surface area contributed by atoms with Crippen LogP contribution < -0.4 is 10.6 Å². The van der Waals surface area contributed by atoms with E-state index in [-0.39, 0.29) is 12.4 Å². The Morgan fingerprint density at radius 2 is 2.16 bits per heavy atom. The average Bonchev–Trinajstić information content (AvgIpc) is 2.36. The highest BCUT2D eigenvalue weighted by molar-refractivity contribution is 6.30. The minimum absolute atomic E-state index is 0.226. The molecule has 1 heterocycles. The Hall–Kier alpha value is -2.14. The summed E-state index contributed by atoms with van der Waals surface area (Å²) in [7, 11) is 0. The first-order chi connectivity index (χ1) is 9.13. The summed E-state index contributed by atoms with van der Waals surface area (Å²) in [5.41, 5.74) is 0.675. The molecule has 0 aliphatic heterocycles. The van der Waals surface area contributed by atoms with Crippen molar-refractivity contribution in [3.8, 4) is 0 Å². The van der Waals surface area contributed by atoms with E-state index in [2.05, 4.69) is 15.6 Å². The van der Waals surface area contributed by atoms with Crippen molar-refractivity contribution < 1.29 is 9.18 Å². The summed E-state index contributed by atoms with van der Waals surface area (Å²) in [5, 5.41) is 5.60. The Kier molecular flexibility index (Phi) is 4.30. The molecule has 2 rings (SSSR count). The molecular formula is C13H11ClFN3O. The molecule has 98 valence electrons. The van der Waals surface area contributed by atoms with Crippen molar-refractivity contribution in [3.05, 3.63) is 59.0 Å². The third kappa shape index (κ3) is 4.22. The van der Waals surface area contributed by atoms with E-state index < -0.39 is 6.03 Å². The average molecular weight is 280 g/mol. The molecule has 0 spiro atoms. The number of amides is 2. The van der Waals surface area contributed by atoms with Crippen LogP contribution in [0.2, 0.25) is 5.02 Å². The molecule has 1 aromatic heterocycles. The van der Waals surface area contributed by atoms with Crippen molar-refractivity contribution in [2.75, 3.05) is 5.32 Å². The fourth-order valence-corrected chi connectivity index (χ4v) is 1.62. The van der Waals surface area contributed by atoms with Crippen molar-refractivity contribution in [3.63, 3.8) is 0 Å². The summed E-state index contributed by atoms with van der Waals surface area (Å²) in [6.45, 7) is 0.226. The number of nitrogens with one attached hydrogen (secondary N) is 2. The second kappa shape index (κ2) is 6.15. The highest BCUT2D eigenvalue weighted by Gasteiger charge is 2.03. The number of nitrogens with zero attached hydrogens (tertiary/aromatic N) is 1. The van der Waals surface area contributed by atoms with Crippen molar-refractivity contribution >= 4 is 23.4 Å². The third-order valence-electron chi connectivity index (χ3n) is 2.31. The number of halogens is 2. The van der Waals surface area contributed by atoms with Gasteiger partial charge in [-0.25, -0.2) is 14.2 Å². The fourth-order valence-electron chi connectivity index (χ4n) is 1.46. The van der Waals surface area contributed by atoms with Gasteiger partial charge in [-0.3, -0.25) is 5.32 Å². The van der Waals surface area contributed by atoms with Gasteiger partial charge >= 0.3 is 6.03 Å². The number of benzene rings is 1. The van der Waals surface area contributed by atoms with E-state index in [4.69, 9.17) is 11.6 Å². The number of hydrogen-bond acceptors (Lipinski definition) is 2. The largest absolute Gasteiger partial charge is 0.334 e. The Balaban J connectivity index is 1.88. The van der Waals surface area contributed by atoms with Gasteiger partial charge in [-0.05, 0) is 29.8 Å². The SMILES string of the molecule is O=C(NCc1cccc(F)c1)Nc1cc(Cl)ccn1. The lowest BCUT2D eigenvalue weighted by atomic mass is 10.2. The van der Waals surface area contributed by atoms with Gasteiger partial charge in [0.05, 0.1) is 0 Å². The molecule has 4 nitrogen and oxygen atoms in total. The monoisotopic (exact) mass is 279 g/mol. The molecule has 0 bridgehead atoms. The van der Waals surface area contributed by atoms with Crippen LogP contribution >= 0.6 is 11.6 Å². The van der Waals surface area contributed by atoms with Crippen molar-refractivity contribution in [2.45, 2.75) is 6.54 Å². The van der Waals surface area contributed by atoms with Crippen LogP contribution in [0.15, 0.2) is 42.6 Å². The molecule has 6 heteroatoms. The summed E-state index contributed by atoms with van der Waals surface area (Å²) < 4.78 is 12.9. The standard InChI is InChI=1S/C13H11ClFN3O/c14-10-4-5-16-12(7-10)18-13(19)17-8-9-2-1-3-11(15)6-9/h1-7H,8H2,(H2,16,17,18,19). The summed E-state index contributed by atoms with van der Waals surface area (Å²) in [6.07, 6.45) is 1.49. The minimum Gasteiger partial charge on any atom is -0.334 e. The number of hydrogen-bond donors (Lipinski definition) is 2. The molecule has 0 unspecified atom stereocenters. The van der Waals surface area contributed by atoms with Crippen LogP contribution in [0.25, 0.3) is 0 Å². The smallest absolute Gasteiger partial charge is 0.320 e. The van der Waals surface area contributed by atoms with Crippen LogP contribution in [0.3, 0.4) is 0 Å². The van der Waals surface area contributed by atoms with E-state index in [0.29, 0.717) is 16.4 Å². The van der Waals surface area contributed by atoms with Gasteiger partial charge < -0.3 is 5.32 Å². The van der Waals surface area contributed by atoms with Crippen LogP contribution in [0.5, 0.6) is 0 Å². The maximum absolute atomic E-state index is 12.9. The highest BCUT2D eigenvalue weighted by atomic mass is 35.5. The van der Waals surface area contributed by atoms with Gasteiger partial charge in [-0.15, -0.1) is 0 Å². The minimum atomic E-state index is -0.431. The zero-order valence-corrected chi connectivity index (χ0v) is 10.6. The normalized spacial score (nSPS) is 10.0. The Morgan fingerprint density at radius 1 is 1.32 bits per heavy atom. The third-order valence-corrected chi connectivity index (χ3v) is 2.54. The van der Waals surface area contributed by atoms with Crippen molar-refractivity contribution in [1.82, 2.24) is 10.3 Å². The quantitative estimate of drug-likeness (QED) is 0.906. The molecule has 2 aromatic rings. The van der Waals surface area contributed by atoms with Crippen LogP contribution in [-0.4, -0.2) is 11.0 Å². The zero-order valence-electron chi connectivity index (χ0n) is 9.86. The van der Waals surface area contributed by atoms with Gasteiger partial charge in [0, 0.05) is 17.8 Å². The zero-order chi connectivity index (χ0) is 13.7. The number of rotatable bonds is 3. The Labute approximate surface area is 114 Å². The van der Waals surface area contributed by atoms with Gasteiger partial charge in [0.1, 0.15) is 11.6 Å². The first-order valence-corrected chi connectivity index (χ1v) is 5.92. The number of pyridine rings is 1. The fraction of sp³-hybridized carbons (Fsp3) is 0.0769. The number of carbonyl (C=O) groups excluding carboxylic acids is 1. The summed E-state index contributed by atoms with van der Waals surface area (Å²) in [4.78, 5) is 15.5. The predicted molar refractivity (Wildman–Crippen MR) is 71.5 cm³/mol. The number of anilines is 1. The summed E-state index contributed by atoms with van der Waals surface area (Å²) >= 11 is 5.77. The maximum atomic E-state index is 12.9. The molecule has 0 atom stereocenters. The lowest BCUT2D eigenvalue weighted by molar-refractivity contribution is 0.251. The number of urea groups is 1. The Morgan fingerprint density at radius 3 is 2.89 bits per heavy atom. The number of aromatic nitrogens is 1. The maximum Gasteiger partial charge on any atom is 0.320 e. The molecule has 2 N–H and O–H groups in total. The molecule has 0 radical (unpaired) electrons. The van der Waals surface area contributed by atoms with E-state index in [1.54, 1.807) is 18.2 Å². The predicted octanol–water partition coefficient (Wildman–Crippen LogP) is 3.20. The lowest BCUT2D eigenvalue weighted by Crippen LogP contribution is -2.28. The molecule has 19 heavy (non-hydrogen) atoms. The molecule has 0 saturated carbocycles. The van der Waals surface area contributed by atoms with Gasteiger partial charge in [0.15, 0.2) is 0 Å². The second-order valence-corrected chi connectivity index (χ2v) is 4.23. The van der Waals surface area contributed by atoms with Crippen LogP contribution in [-0.2, 0) is 6.54 Å². The molecule has 0 aliphatic carbocycles. The van der Waals surface area contributed by atoms with E-state index in [9.17, 15) is 9.18 Å². The summed E-state index contributed by atoms with van der Waals surface area (Å²) in [5.74, 6) is 0.0143. The van der Waals surface area contributed by atoms with Crippen molar-refractivity contribution in [1.29, 1.82) is 0 Å². The van der Waals surface area contributed by atoms with Gasteiger partial charge in [-0.2, -0.15) is 0 Å². The van der Waals surface area contributed by atoms with E-state index in [0.717, 1.165) is 0 Å². The molecule has 2 amide bonds. The lowest BCUT2D eigenvalue weighted by Gasteiger charge is -2.07. The first kappa shape index (κ1) is 13.3. The van der Waals surface area contributed by atoms with Gasteiger partial charge in [0.25, 0.3) is 0 Å². The van der Waals surface area contributed by atoms with Crippen molar-refractivity contribution in [2.24, 2.45) is 0 Å². The Bertz CT molecular complexity index is 592. The van der Waals surface area contributed by atoms with Crippen LogP contribution in [0.4, 0.5) is 15.0 Å². The molecule has 0 fully saturated rings. The second-order valence-electron chi connectivity index (χ2n) is 3.80. The van der Waals surface area contributed by atoms with E-state index >= 15 is 0 Å². The van der Waals surface area contributed by atoms with Gasteiger partial charge in [0.2, 0.25) is 0 Å². The van der Waals surface area contributed by atoms with Crippen LogP contribution in [0, 0.1) is 5.82 Å². The number of carbonyl (C=O) groups is 1. The summed E-state index contributed by atoms with van der Waals surface area (Å²) in [6, 6.07) is 8.72. The van der Waals surface area contributed by atoms with E-state index in [1.165, 1.54) is 24.4 Å². The van der Waals surface area contributed by atoms with Gasteiger partial charge in [-0.1, -0.05) is 23.7 Å². The highest BCUT2D eigenvalue weighted by Crippen LogP contribution is 2.11. The van der Waals surface area contributed by atoms with E-state index in [1.807, 2.05) is 0 Å². The molecule has 0 saturated heterocycles. The topological polar surface area (TPSA) is 54.0 Å². The molecule has 1 aromatic carbocycles. The van der Waals surface area contributed by atoms with Crippen LogP contribution in [0.1, 0.15) is 5.56 Å². The molecular weight excluding hydrogens is 269 g/mol. The first-order valence-electron chi connectivity index (χ1n) is 5.54.